The van der Waals surface area contributed by atoms with Crippen molar-refractivity contribution in [2.24, 2.45) is 5.92 Å². The quantitative estimate of drug-likeness (QED) is 0.676. The molecular formula is C18H20ClFO. The highest BCUT2D eigenvalue weighted by Gasteiger charge is 2.16. The van der Waals surface area contributed by atoms with Crippen molar-refractivity contribution >= 4 is 11.6 Å². The highest BCUT2D eigenvalue weighted by atomic mass is 35.5. The molecule has 0 saturated carbocycles. The highest BCUT2D eigenvalue weighted by molar-refractivity contribution is 6.22. The van der Waals surface area contributed by atoms with E-state index in [0.717, 1.165) is 12.0 Å². The van der Waals surface area contributed by atoms with E-state index in [9.17, 15) is 4.39 Å². The van der Waals surface area contributed by atoms with E-state index in [1.54, 1.807) is 12.1 Å². The summed E-state index contributed by atoms with van der Waals surface area (Å²) in [5.41, 5.74) is 2.63. The van der Waals surface area contributed by atoms with E-state index < -0.39 is 5.38 Å². The summed E-state index contributed by atoms with van der Waals surface area (Å²) in [6.07, 6.45) is 1.03. The second kappa shape index (κ2) is 6.95. The van der Waals surface area contributed by atoms with Crippen LogP contribution in [0.25, 0.3) is 0 Å². The van der Waals surface area contributed by atoms with Gasteiger partial charge in [0.2, 0.25) is 0 Å². The molecule has 1 atom stereocenters. The maximum atomic E-state index is 14.1. The lowest BCUT2D eigenvalue weighted by Crippen LogP contribution is -1.99. The van der Waals surface area contributed by atoms with E-state index >= 15 is 0 Å². The van der Waals surface area contributed by atoms with Crippen LogP contribution in [0.2, 0.25) is 0 Å². The average Bonchev–Trinajstić information content (AvgIpc) is 2.46. The third-order valence-corrected chi connectivity index (χ3v) is 3.88. The SMILES string of the molecule is COc1ccc(C(Cl)c2ccc(CC(C)C)cc2)c(F)c1. The fraction of sp³-hybridized carbons (Fsp3) is 0.333. The van der Waals surface area contributed by atoms with Gasteiger partial charge in [-0.3, -0.25) is 0 Å². The highest BCUT2D eigenvalue weighted by Crippen LogP contribution is 2.32. The third-order valence-electron chi connectivity index (χ3n) is 3.40. The first-order valence-electron chi connectivity index (χ1n) is 7.07. The molecule has 0 aliphatic carbocycles. The summed E-state index contributed by atoms with van der Waals surface area (Å²) < 4.78 is 19.1. The van der Waals surface area contributed by atoms with Crippen molar-refractivity contribution < 1.29 is 9.13 Å². The van der Waals surface area contributed by atoms with Gasteiger partial charge in [-0.05, 0) is 29.5 Å². The molecule has 0 aliphatic rings. The van der Waals surface area contributed by atoms with Gasteiger partial charge in [-0.2, -0.15) is 0 Å². The zero-order chi connectivity index (χ0) is 15.4. The number of rotatable bonds is 5. The molecule has 0 aliphatic heterocycles. The number of alkyl halides is 1. The topological polar surface area (TPSA) is 9.23 Å². The normalized spacial score (nSPS) is 12.5. The number of hydrogen-bond acceptors (Lipinski definition) is 1. The predicted octanol–water partition coefficient (Wildman–Crippen LogP) is 5.36. The lowest BCUT2D eigenvalue weighted by Gasteiger charge is -2.13. The van der Waals surface area contributed by atoms with Crippen LogP contribution >= 0.6 is 11.6 Å². The van der Waals surface area contributed by atoms with Crippen LogP contribution in [0.4, 0.5) is 4.39 Å². The second-order valence-electron chi connectivity index (χ2n) is 5.59. The van der Waals surface area contributed by atoms with Gasteiger partial charge in [0, 0.05) is 11.6 Å². The van der Waals surface area contributed by atoms with Gasteiger partial charge >= 0.3 is 0 Å². The number of methoxy groups -OCH3 is 1. The zero-order valence-corrected chi connectivity index (χ0v) is 13.3. The Kier molecular flexibility index (Phi) is 5.24. The minimum absolute atomic E-state index is 0.347. The molecule has 2 aromatic carbocycles. The maximum absolute atomic E-state index is 14.1. The second-order valence-corrected chi connectivity index (χ2v) is 6.03. The third kappa shape index (κ3) is 3.98. The number of hydrogen-bond donors (Lipinski definition) is 0. The molecule has 1 nitrogen and oxygen atoms in total. The molecule has 0 N–H and O–H groups in total. The first-order valence-corrected chi connectivity index (χ1v) is 7.51. The van der Waals surface area contributed by atoms with Crippen LogP contribution in [0.5, 0.6) is 5.75 Å². The van der Waals surface area contributed by atoms with Crippen LogP contribution in [-0.4, -0.2) is 7.11 Å². The van der Waals surface area contributed by atoms with Crippen molar-refractivity contribution in [2.45, 2.75) is 25.6 Å². The molecule has 0 spiro atoms. The average molecular weight is 307 g/mol. The number of benzene rings is 2. The zero-order valence-electron chi connectivity index (χ0n) is 12.6. The van der Waals surface area contributed by atoms with Crippen LogP contribution in [0, 0.1) is 11.7 Å². The fourth-order valence-electron chi connectivity index (χ4n) is 2.31. The van der Waals surface area contributed by atoms with E-state index in [2.05, 4.69) is 26.0 Å². The first-order chi connectivity index (χ1) is 10.0. The number of ether oxygens (including phenoxy) is 1. The van der Waals surface area contributed by atoms with Crippen LogP contribution in [0.1, 0.15) is 35.9 Å². The summed E-state index contributed by atoms with van der Waals surface area (Å²) >= 11 is 6.41. The Hall–Kier alpha value is -1.54. The molecule has 0 fully saturated rings. The monoisotopic (exact) mass is 306 g/mol. The van der Waals surface area contributed by atoms with Crippen molar-refractivity contribution in [3.63, 3.8) is 0 Å². The largest absolute Gasteiger partial charge is 0.497 e. The Morgan fingerprint density at radius 2 is 1.76 bits per heavy atom. The molecule has 3 heteroatoms. The van der Waals surface area contributed by atoms with Crippen LogP contribution < -0.4 is 4.74 Å². The Labute approximate surface area is 130 Å². The Balaban J connectivity index is 2.21. The first kappa shape index (κ1) is 15.8. The van der Waals surface area contributed by atoms with E-state index in [0.29, 0.717) is 17.2 Å². The van der Waals surface area contributed by atoms with Crippen LogP contribution in [-0.2, 0) is 6.42 Å². The number of halogens is 2. The van der Waals surface area contributed by atoms with Crippen molar-refractivity contribution in [2.75, 3.05) is 7.11 Å². The van der Waals surface area contributed by atoms with E-state index in [1.165, 1.54) is 18.7 Å². The molecule has 1 unspecified atom stereocenters. The molecule has 2 rings (SSSR count). The van der Waals surface area contributed by atoms with Gasteiger partial charge in [0.05, 0.1) is 12.5 Å². The molecule has 112 valence electrons. The maximum Gasteiger partial charge on any atom is 0.131 e. The minimum Gasteiger partial charge on any atom is -0.497 e. The summed E-state index contributed by atoms with van der Waals surface area (Å²) in [7, 11) is 1.51. The van der Waals surface area contributed by atoms with Crippen molar-refractivity contribution in [1.29, 1.82) is 0 Å². The lowest BCUT2D eigenvalue weighted by atomic mass is 9.98. The van der Waals surface area contributed by atoms with Gasteiger partial charge in [0.1, 0.15) is 11.6 Å². The summed E-state index contributed by atoms with van der Waals surface area (Å²) in [5.74, 6) is 0.759. The molecule has 21 heavy (non-hydrogen) atoms. The van der Waals surface area contributed by atoms with E-state index in [-0.39, 0.29) is 5.82 Å². The Morgan fingerprint density at radius 3 is 2.29 bits per heavy atom. The molecular weight excluding hydrogens is 287 g/mol. The van der Waals surface area contributed by atoms with Crippen LogP contribution in [0.3, 0.4) is 0 Å². The summed E-state index contributed by atoms with van der Waals surface area (Å²) in [4.78, 5) is 0. The van der Waals surface area contributed by atoms with Crippen molar-refractivity contribution in [3.8, 4) is 5.75 Å². The van der Waals surface area contributed by atoms with Crippen molar-refractivity contribution in [1.82, 2.24) is 0 Å². The smallest absolute Gasteiger partial charge is 0.131 e. The van der Waals surface area contributed by atoms with Gasteiger partial charge in [-0.25, -0.2) is 4.39 Å². The Morgan fingerprint density at radius 1 is 1.10 bits per heavy atom. The Bertz CT molecular complexity index is 593. The predicted molar refractivity (Wildman–Crippen MR) is 85.6 cm³/mol. The van der Waals surface area contributed by atoms with Gasteiger partial charge in [0.15, 0.2) is 0 Å². The fourth-order valence-corrected chi connectivity index (χ4v) is 2.64. The van der Waals surface area contributed by atoms with Crippen LogP contribution in [0.15, 0.2) is 42.5 Å². The summed E-state index contributed by atoms with van der Waals surface area (Å²) in [6.45, 7) is 4.37. The van der Waals surface area contributed by atoms with Gasteiger partial charge in [-0.1, -0.05) is 44.2 Å². The van der Waals surface area contributed by atoms with Crippen molar-refractivity contribution in [3.05, 3.63) is 65.0 Å². The van der Waals surface area contributed by atoms with Gasteiger partial charge < -0.3 is 4.74 Å². The van der Waals surface area contributed by atoms with E-state index in [4.69, 9.17) is 16.3 Å². The standard InChI is InChI=1S/C18H20ClFO/c1-12(2)10-13-4-6-14(7-5-13)18(19)16-9-8-15(21-3)11-17(16)20/h4-9,11-12,18H,10H2,1-3H3. The summed E-state index contributed by atoms with van der Waals surface area (Å²) in [6, 6.07) is 12.8. The molecule has 0 saturated heterocycles. The summed E-state index contributed by atoms with van der Waals surface area (Å²) in [5, 5.41) is -0.496. The molecule has 0 heterocycles. The van der Waals surface area contributed by atoms with Gasteiger partial charge in [-0.15, -0.1) is 11.6 Å². The molecule has 0 aromatic heterocycles. The minimum atomic E-state index is -0.496. The molecule has 0 bridgehead atoms. The van der Waals surface area contributed by atoms with E-state index in [1.807, 2.05) is 12.1 Å². The van der Waals surface area contributed by atoms with Gasteiger partial charge in [0.25, 0.3) is 0 Å². The molecule has 2 aromatic rings. The molecule has 0 radical (unpaired) electrons. The lowest BCUT2D eigenvalue weighted by molar-refractivity contribution is 0.410. The molecule has 0 amide bonds.